The van der Waals surface area contributed by atoms with Crippen molar-refractivity contribution >= 4 is 11.6 Å². The van der Waals surface area contributed by atoms with Crippen molar-refractivity contribution in [3.05, 3.63) is 29.8 Å². The Morgan fingerprint density at radius 3 is 2.90 bits per heavy atom. The summed E-state index contributed by atoms with van der Waals surface area (Å²) in [5.74, 6) is 0.712. The molecular formula is C17H23N3O. The number of anilines is 1. The van der Waals surface area contributed by atoms with E-state index in [4.69, 9.17) is 0 Å². The summed E-state index contributed by atoms with van der Waals surface area (Å²) in [5.41, 5.74) is 9.07. The van der Waals surface area contributed by atoms with E-state index in [2.05, 4.69) is 29.1 Å². The standard InChI is InChI=1S/C17H23N3O/c21-17(16-13-8-2-3-9-14(13)18-19-16)20-11-5-7-12-6-1-4-10-15(12)20/h1,4,6,10,13-14,16,18-19H,2-3,5,7-9,11H2. The summed E-state index contributed by atoms with van der Waals surface area (Å²) >= 11 is 0. The molecule has 2 fully saturated rings. The topological polar surface area (TPSA) is 44.4 Å². The number of carbonyl (C=O) groups is 1. The van der Waals surface area contributed by atoms with E-state index in [1.54, 1.807) is 0 Å². The van der Waals surface area contributed by atoms with Crippen molar-refractivity contribution in [3.63, 3.8) is 0 Å². The van der Waals surface area contributed by atoms with E-state index in [0.29, 0.717) is 12.0 Å². The van der Waals surface area contributed by atoms with Gasteiger partial charge >= 0.3 is 0 Å². The lowest BCUT2D eigenvalue weighted by atomic mass is 9.81. The number of amides is 1. The van der Waals surface area contributed by atoms with Crippen LogP contribution >= 0.6 is 0 Å². The number of fused-ring (bicyclic) bond motifs is 2. The van der Waals surface area contributed by atoms with Gasteiger partial charge in [-0.25, -0.2) is 5.43 Å². The second-order valence-corrected chi connectivity index (χ2v) is 6.54. The second-order valence-electron chi connectivity index (χ2n) is 6.54. The molecule has 4 rings (SSSR count). The van der Waals surface area contributed by atoms with Crippen molar-refractivity contribution in [2.45, 2.75) is 50.6 Å². The van der Waals surface area contributed by atoms with Crippen LogP contribution in [0.2, 0.25) is 0 Å². The van der Waals surface area contributed by atoms with Crippen LogP contribution in [0.3, 0.4) is 0 Å². The fraction of sp³-hybridized carbons (Fsp3) is 0.588. The SMILES string of the molecule is O=C(C1NNC2CCCCC21)N1CCCc2ccccc21. The quantitative estimate of drug-likeness (QED) is 0.829. The lowest BCUT2D eigenvalue weighted by Crippen LogP contribution is -2.49. The van der Waals surface area contributed by atoms with Gasteiger partial charge in [-0.2, -0.15) is 0 Å². The van der Waals surface area contributed by atoms with Gasteiger partial charge in [0.25, 0.3) is 0 Å². The molecule has 3 atom stereocenters. The number of para-hydroxylation sites is 1. The first-order valence-electron chi connectivity index (χ1n) is 8.25. The Bertz CT molecular complexity index is 545. The minimum Gasteiger partial charge on any atom is -0.311 e. The van der Waals surface area contributed by atoms with Crippen LogP contribution in [0.5, 0.6) is 0 Å². The fourth-order valence-electron chi connectivity index (χ4n) is 4.22. The van der Waals surface area contributed by atoms with E-state index in [-0.39, 0.29) is 11.9 Å². The van der Waals surface area contributed by atoms with Crippen molar-refractivity contribution < 1.29 is 4.79 Å². The van der Waals surface area contributed by atoms with Crippen molar-refractivity contribution in [1.29, 1.82) is 0 Å². The maximum Gasteiger partial charge on any atom is 0.245 e. The first-order chi connectivity index (χ1) is 10.3. The highest BCUT2D eigenvalue weighted by Crippen LogP contribution is 2.33. The number of benzene rings is 1. The van der Waals surface area contributed by atoms with Crippen molar-refractivity contribution in [3.8, 4) is 0 Å². The second kappa shape index (κ2) is 5.43. The predicted octanol–water partition coefficient (Wildman–Crippen LogP) is 2.00. The van der Waals surface area contributed by atoms with E-state index < -0.39 is 0 Å². The molecule has 1 aromatic rings. The van der Waals surface area contributed by atoms with Gasteiger partial charge in [0.2, 0.25) is 5.91 Å². The summed E-state index contributed by atoms with van der Waals surface area (Å²) in [5, 5.41) is 0. The molecule has 4 heteroatoms. The zero-order valence-corrected chi connectivity index (χ0v) is 12.3. The molecule has 1 saturated carbocycles. The predicted molar refractivity (Wildman–Crippen MR) is 82.9 cm³/mol. The third-order valence-electron chi connectivity index (χ3n) is 5.31. The number of rotatable bonds is 1. The maximum atomic E-state index is 13.0. The summed E-state index contributed by atoms with van der Waals surface area (Å²) in [6.45, 7) is 0.853. The molecule has 1 aliphatic carbocycles. The van der Waals surface area contributed by atoms with Crippen LogP contribution in [0.25, 0.3) is 0 Å². The summed E-state index contributed by atoms with van der Waals surface area (Å²) in [6, 6.07) is 8.77. The Morgan fingerprint density at radius 1 is 1.10 bits per heavy atom. The average Bonchev–Trinajstić information content (AvgIpc) is 2.98. The molecule has 2 aliphatic heterocycles. The van der Waals surface area contributed by atoms with E-state index in [1.807, 2.05) is 11.0 Å². The van der Waals surface area contributed by atoms with E-state index >= 15 is 0 Å². The zero-order valence-electron chi connectivity index (χ0n) is 12.3. The van der Waals surface area contributed by atoms with E-state index in [1.165, 1.54) is 24.8 Å². The van der Waals surface area contributed by atoms with Gasteiger partial charge in [-0.1, -0.05) is 31.0 Å². The minimum absolute atomic E-state index is 0.0542. The smallest absolute Gasteiger partial charge is 0.245 e. The Hall–Kier alpha value is -1.39. The first-order valence-corrected chi connectivity index (χ1v) is 8.25. The normalized spacial score (nSPS) is 31.6. The van der Waals surface area contributed by atoms with Crippen LogP contribution in [0.15, 0.2) is 24.3 Å². The number of hydrogen-bond acceptors (Lipinski definition) is 3. The number of carbonyl (C=O) groups excluding carboxylic acids is 1. The van der Waals surface area contributed by atoms with Crippen molar-refractivity contribution in [1.82, 2.24) is 10.9 Å². The molecule has 2 heterocycles. The van der Waals surface area contributed by atoms with Crippen molar-refractivity contribution in [2.24, 2.45) is 5.92 Å². The van der Waals surface area contributed by atoms with Crippen LogP contribution in [0, 0.1) is 5.92 Å². The van der Waals surface area contributed by atoms with Gasteiger partial charge in [0.05, 0.1) is 0 Å². The third-order valence-corrected chi connectivity index (χ3v) is 5.31. The summed E-state index contributed by atoms with van der Waals surface area (Å²) in [4.78, 5) is 15.1. The molecule has 1 saturated heterocycles. The maximum absolute atomic E-state index is 13.0. The van der Waals surface area contributed by atoms with E-state index in [9.17, 15) is 4.79 Å². The van der Waals surface area contributed by atoms with Crippen LogP contribution in [0.1, 0.15) is 37.7 Å². The lowest BCUT2D eigenvalue weighted by molar-refractivity contribution is -0.121. The highest BCUT2D eigenvalue weighted by molar-refractivity contribution is 5.98. The third kappa shape index (κ3) is 2.27. The molecule has 21 heavy (non-hydrogen) atoms. The fourth-order valence-corrected chi connectivity index (χ4v) is 4.22. The molecule has 2 N–H and O–H groups in total. The zero-order chi connectivity index (χ0) is 14.2. The number of nitrogens with zero attached hydrogens (tertiary/aromatic N) is 1. The molecule has 0 radical (unpaired) electrons. The molecule has 3 aliphatic rings. The molecule has 0 aromatic heterocycles. The average molecular weight is 285 g/mol. The summed E-state index contributed by atoms with van der Waals surface area (Å²) in [7, 11) is 0. The molecule has 1 aromatic carbocycles. The Labute approximate surface area is 125 Å². The van der Waals surface area contributed by atoms with Gasteiger partial charge in [-0.3, -0.25) is 10.2 Å². The number of hydrogen-bond donors (Lipinski definition) is 2. The van der Waals surface area contributed by atoms with Gasteiger partial charge in [-0.15, -0.1) is 0 Å². The van der Waals surface area contributed by atoms with Crippen LogP contribution in [0.4, 0.5) is 5.69 Å². The number of nitrogens with one attached hydrogen (secondary N) is 2. The first kappa shape index (κ1) is 13.3. The van der Waals surface area contributed by atoms with Gasteiger partial charge in [0.1, 0.15) is 6.04 Å². The molecule has 1 amide bonds. The summed E-state index contributed by atoms with van der Waals surface area (Å²) in [6.07, 6.45) is 7.04. The Morgan fingerprint density at radius 2 is 1.95 bits per heavy atom. The largest absolute Gasteiger partial charge is 0.311 e. The molecule has 0 bridgehead atoms. The van der Waals surface area contributed by atoms with E-state index in [0.717, 1.165) is 31.5 Å². The Balaban J connectivity index is 1.58. The van der Waals surface area contributed by atoms with Crippen LogP contribution < -0.4 is 15.8 Å². The Kier molecular flexibility index (Phi) is 3.43. The van der Waals surface area contributed by atoms with Gasteiger partial charge in [0, 0.05) is 24.2 Å². The van der Waals surface area contributed by atoms with Gasteiger partial charge in [-0.05, 0) is 37.3 Å². The number of aryl methyl sites for hydroxylation is 1. The van der Waals surface area contributed by atoms with Crippen LogP contribution in [-0.4, -0.2) is 24.5 Å². The number of hydrazine groups is 1. The van der Waals surface area contributed by atoms with Crippen LogP contribution in [-0.2, 0) is 11.2 Å². The molecule has 112 valence electrons. The summed E-state index contributed by atoms with van der Waals surface area (Å²) < 4.78 is 0. The van der Waals surface area contributed by atoms with Gasteiger partial charge in [0.15, 0.2) is 0 Å². The highest BCUT2D eigenvalue weighted by Gasteiger charge is 2.43. The van der Waals surface area contributed by atoms with Crippen molar-refractivity contribution in [2.75, 3.05) is 11.4 Å². The highest BCUT2D eigenvalue weighted by atomic mass is 16.2. The monoisotopic (exact) mass is 285 g/mol. The lowest BCUT2D eigenvalue weighted by Gasteiger charge is -2.34. The van der Waals surface area contributed by atoms with Gasteiger partial charge < -0.3 is 4.90 Å². The molecule has 3 unspecified atom stereocenters. The molecule has 0 spiro atoms. The minimum atomic E-state index is -0.0542. The molecular weight excluding hydrogens is 262 g/mol. The molecule has 4 nitrogen and oxygen atoms in total.